The van der Waals surface area contributed by atoms with Crippen molar-refractivity contribution in [3.8, 4) is 0 Å². The molecule has 13 heavy (non-hydrogen) atoms. The highest BCUT2D eigenvalue weighted by atomic mass is 16.4. The maximum absolute atomic E-state index is 10.4. The number of nitrogens with two attached hydrogens (primary N) is 1. The normalized spacial score (nSPS) is 26.2. The van der Waals surface area contributed by atoms with E-state index in [4.69, 9.17) is 10.8 Å². The Morgan fingerprint density at radius 2 is 2.46 bits per heavy atom. The number of hydrogen-bond acceptors (Lipinski definition) is 3. The molecule has 2 atom stereocenters. The van der Waals surface area contributed by atoms with Gasteiger partial charge in [-0.2, -0.15) is 0 Å². The van der Waals surface area contributed by atoms with E-state index in [0.717, 1.165) is 25.6 Å². The molecule has 0 aromatic carbocycles. The number of rotatable bonds is 4. The van der Waals surface area contributed by atoms with E-state index in [1.54, 1.807) is 0 Å². The van der Waals surface area contributed by atoms with Crippen LogP contribution < -0.4 is 5.73 Å². The number of nitrogens with zero attached hydrogens (tertiary/aromatic N) is 1. The lowest BCUT2D eigenvalue weighted by atomic mass is 10.2. The van der Waals surface area contributed by atoms with Gasteiger partial charge in [-0.15, -0.1) is 0 Å². The monoisotopic (exact) mass is 186 g/mol. The first-order valence-electron chi connectivity index (χ1n) is 4.80. The summed E-state index contributed by atoms with van der Waals surface area (Å²) in [5.74, 6) is -0.145. The van der Waals surface area contributed by atoms with Crippen LogP contribution in [0.2, 0.25) is 0 Å². The van der Waals surface area contributed by atoms with Gasteiger partial charge in [-0.05, 0) is 25.3 Å². The van der Waals surface area contributed by atoms with Crippen molar-refractivity contribution < 1.29 is 9.90 Å². The summed E-state index contributed by atoms with van der Waals surface area (Å²) in [5, 5.41) is 8.56. The van der Waals surface area contributed by atoms with Crippen LogP contribution >= 0.6 is 0 Å². The quantitative estimate of drug-likeness (QED) is 0.655. The molecule has 0 bridgehead atoms. The number of carboxylic acids is 1. The van der Waals surface area contributed by atoms with Gasteiger partial charge >= 0.3 is 5.97 Å². The molecule has 0 aromatic heterocycles. The van der Waals surface area contributed by atoms with Gasteiger partial charge in [-0.25, -0.2) is 0 Å². The Morgan fingerprint density at radius 3 is 2.92 bits per heavy atom. The molecule has 0 amide bonds. The number of carbonyl (C=O) groups is 1. The van der Waals surface area contributed by atoms with E-state index in [9.17, 15) is 4.79 Å². The third-order valence-corrected chi connectivity index (χ3v) is 2.58. The number of hydrogen-bond donors (Lipinski definition) is 2. The fourth-order valence-corrected chi connectivity index (χ4v) is 1.67. The zero-order valence-corrected chi connectivity index (χ0v) is 8.07. The molecule has 0 radical (unpaired) electrons. The van der Waals surface area contributed by atoms with Gasteiger partial charge in [-0.3, -0.25) is 4.79 Å². The molecule has 0 saturated carbocycles. The number of aliphatic carboxylic acids is 1. The minimum absolute atomic E-state index is 0.558. The molecule has 1 unspecified atom stereocenters. The van der Waals surface area contributed by atoms with Crippen LogP contribution in [0.3, 0.4) is 0 Å². The van der Waals surface area contributed by atoms with E-state index in [2.05, 4.69) is 11.8 Å². The molecule has 0 spiro atoms. The van der Waals surface area contributed by atoms with Gasteiger partial charge in [0.05, 0.1) is 0 Å². The van der Waals surface area contributed by atoms with Gasteiger partial charge in [0.1, 0.15) is 6.04 Å². The molecular weight excluding hydrogens is 168 g/mol. The van der Waals surface area contributed by atoms with E-state index >= 15 is 0 Å². The van der Waals surface area contributed by atoms with Crippen molar-refractivity contribution in [2.45, 2.75) is 25.8 Å². The second-order valence-electron chi connectivity index (χ2n) is 3.93. The molecule has 1 aliphatic heterocycles. The molecule has 1 heterocycles. The Hall–Kier alpha value is -0.610. The largest absolute Gasteiger partial charge is 0.480 e. The lowest BCUT2D eigenvalue weighted by molar-refractivity contribution is -0.138. The summed E-state index contributed by atoms with van der Waals surface area (Å²) < 4.78 is 0. The molecule has 4 heteroatoms. The van der Waals surface area contributed by atoms with E-state index in [-0.39, 0.29) is 0 Å². The van der Waals surface area contributed by atoms with Gasteiger partial charge in [0.15, 0.2) is 0 Å². The summed E-state index contributed by atoms with van der Waals surface area (Å²) in [5.41, 5.74) is 5.40. The molecule has 0 aromatic rings. The molecule has 1 fully saturated rings. The van der Waals surface area contributed by atoms with Crippen LogP contribution in [0.4, 0.5) is 0 Å². The first kappa shape index (κ1) is 10.5. The highest BCUT2D eigenvalue weighted by Crippen LogP contribution is 2.14. The zero-order chi connectivity index (χ0) is 9.84. The van der Waals surface area contributed by atoms with Crippen molar-refractivity contribution in [1.29, 1.82) is 0 Å². The van der Waals surface area contributed by atoms with Crippen molar-refractivity contribution in [1.82, 2.24) is 4.90 Å². The Labute approximate surface area is 78.7 Å². The Bertz CT molecular complexity index is 184. The summed E-state index contributed by atoms with van der Waals surface area (Å²) in [6.07, 6.45) is 1.78. The summed E-state index contributed by atoms with van der Waals surface area (Å²) in [7, 11) is 0. The van der Waals surface area contributed by atoms with Crippen molar-refractivity contribution in [2.24, 2.45) is 11.7 Å². The number of carboxylic acid groups (broad SMARTS) is 1. The standard InChI is InChI=1S/C9H18N2O2/c1-7-2-4-11(6-7)5-3-8(10)9(12)13/h7-8H,2-6,10H2,1H3,(H,12,13)/t7?,8-/m1/s1. The molecule has 0 aliphatic carbocycles. The van der Waals surface area contributed by atoms with Gasteiger partial charge in [0.2, 0.25) is 0 Å². The average Bonchev–Trinajstić information content (AvgIpc) is 2.47. The van der Waals surface area contributed by atoms with Crippen LogP contribution in [0.5, 0.6) is 0 Å². The van der Waals surface area contributed by atoms with Gasteiger partial charge in [0, 0.05) is 13.1 Å². The van der Waals surface area contributed by atoms with Crippen LogP contribution in [0.1, 0.15) is 19.8 Å². The second kappa shape index (κ2) is 4.58. The van der Waals surface area contributed by atoms with Crippen molar-refractivity contribution >= 4 is 5.97 Å². The van der Waals surface area contributed by atoms with Gasteiger partial charge in [0.25, 0.3) is 0 Å². The van der Waals surface area contributed by atoms with Crippen LogP contribution in [0, 0.1) is 5.92 Å². The third-order valence-electron chi connectivity index (χ3n) is 2.58. The maximum Gasteiger partial charge on any atom is 0.320 e. The van der Waals surface area contributed by atoms with Crippen LogP contribution in [-0.4, -0.2) is 41.7 Å². The van der Waals surface area contributed by atoms with E-state index in [1.807, 2.05) is 0 Å². The average molecular weight is 186 g/mol. The van der Waals surface area contributed by atoms with Crippen molar-refractivity contribution in [3.63, 3.8) is 0 Å². The Morgan fingerprint density at radius 1 is 1.77 bits per heavy atom. The minimum atomic E-state index is -0.896. The SMILES string of the molecule is CC1CCN(CC[C@@H](N)C(=O)O)C1. The summed E-state index contributed by atoms with van der Waals surface area (Å²) >= 11 is 0. The van der Waals surface area contributed by atoms with E-state index in [0.29, 0.717) is 6.42 Å². The summed E-state index contributed by atoms with van der Waals surface area (Å²) in [6.45, 7) is 5.22. The maximum atomic E-state index is 10.4. The molecule has 4 nitrogen and oxygen atoms in total. The highest BCUT2D eigenvalue weighted by molar-refractivity contribution is 5.72. The Balaban J connectivity index is 2.16. The predicted octanol–water partition coefficient (Wildman–Crippen LogP) is 0.130. The zero-order valence-electron chi connectivity index (χ0n) is 8.07. The minimum Gasteiger partial charge on any atom is -0.480 e. The van der Waals surface area contributed by atoms with Gasteiger partial charge < -0.3 is 15.7 Å². The second-order valence-corrected chi connectivity index (χ2v) is 3.93. The smallest absolute Gasteiger partial charge is 0.320 e. The molecule has 76 valence electrons. The Kier molecular flexibility index (Phi) is 3.69. The summed E-state index contributed by atoms with van der Waals surface area (Å²) in [6, 6.07) is -0.698. The van der Waals surface area contributed by atoms with Crippen molar-refractivity contribution in [3.05, 3.63) is 0 Å². The number of likely N-dealkylation sites (tertiary alicyclic amines) is 1. The van der Waals surface area contributed by atoms with E-state index in [1.165, 1.54) is 6.42 Å². The lowest BCUT2D eigenvalue weighted by Gasteiger charge is -2.16. The molecular formula is C9H18N2O2. The van der Waals surface area contributed by atoms with Crippen LogP contribution in [-0.2, 0) is 4.79 Å². The molecule has 1 saturated heterocycles. The third kappa shape index (κ3) is 3.32. The van der Waals surface area contributed by atoms with Crippen LogP contribution in [0.15, 0.2) is 0 Å². The lowest BCUT2D eigenvalue weighted by Crippen LogP contribution is -2.34. The first-order valence-corrected chi connectivity index (χ1v) is 4.80. The van der Waals surface area contributed by atoms with Gasteiger partial charge in [-0.1, -0.05) is 6.92 Å². The topological polar surface area (TPSA) is 66.6 Å². The van der Waals surface area contributed by atoms with E-state index < -0.39 is 12.0 Å². The molecule has 1 aliphatic rings. The predicted molar refractivity (Wildman–Crippen MR) is 50.4 cm³/mol. The fraction of sp³-hybridized carbons (Fsp3) is 0.889. The van der Waals surface area contributed by atoms with Crippen LogP contribution in [0.25, 0.3) is 0 Å². The first-order chi connectivity index (χ1) is 6.09. The molecule has 1 rings (SSSR count). The molecule has 3 N–H and O–H groups in total. The summed E-state index contributed by atoms with van der Waals surface area (Å²) in [4.78, 5) is 12.7. The highest BCUT2D eigenvalue weighted by Gasteiger charge is 2.20. The fourth-order valence-electron chi connectivity index (χ4n) is 1.67. The van der Waals surface area contributed by atoms with Crippen molar-refractivity contribution in [2.75, 3.05) is 19.6 Å².